The molecule has 0 radical (unpaired) electrons. The van der Waals surface area contributed by atoms with E-state index in [1.54, 1.807) is 18.5 Å². The second kappa shape index (κ2) is 5.95. The van der Waals surface area contributed by atoms with E-state index in [-0.39, 0.29) is 5.91 Å². The zero-order valence-corrected chi connectivity index (χ0v) is 12.2. The van der Waals surface area contributed by atoms with Crippen molar-refractivity contribution in [2.75, 3.05) is 18.4 Å². The maximum absolute atomic E-state index is 12.8. The van der Waals surface area contributed by atoms with Crippen molar-refractivity contribution in [1.29, 1.82) is 0 Å². The standard InChI is InChI=1S/C17H19N3O/c1-2-19-16-11-18-9-7-15(16)17(21)20-10-8-13-5-3-4-6-14(13)12-20/h3-7,9,11,19H,2,8,10,12H2,1H3. The minimum atomic E-state index is 0.0721. The Balaban J connectivity index is 1.84. The largest absolute Gasteiger partial charge is 0.383 e. The second-order valence-corrected chi connectivity index (χ2v) is 5.20. The monoisotopic (exact) mass is 281 g/mol. The Morgan fingerprint density at radius 1 is 1.29 bits per heavy atom. The van der Waals surface area contributed by atoms with E-state index in [0.29, 0.717) is 12.1 Å². The number of rotatable bonds is 3. The number of pyridine rings is 1. The fourth-order valence-electron chi connectivity index (χ4n) is 2.75. The van der Waals surface area contributed by atoms with Gasteiger partial charge in [0.1, 0.15) is 0 Å². The fourth-order valence-corrected chi connectivity index (χ4v) is 2.75. The molecule has 0 saturated carbocycles. The van der Waals surface area contributed by atoms with Gasteiger partial charge in [-0.1, -0.05) is 24.3 Å². The molecule has 21 heavy (non-hydrogen) atoms. The molecule has 0 atom stereocenters. The van der Waals surface area contributed by atoms with Crippen LogP contribution in [-0.2, 0) is 13.0 Å². The first kappa shape index (κ1) is 13.6. The van der Waals surface area contributed by atoms with Crippen LogP contribution in [0.4, 0.5) is 5.69 Å². The molecule has 4 nitrogen and oxygen atoms in total. The predicted molar refractivity (Wildman–Crippen MR) is 83.3 cm³/mol. The van der Waals surface area contributed by atoms with Crippen LogP contribution >= 0.6 is 0 Å². The van der Waals surface area contributed by atoms with Crippen LogP contribution in [-0.4, -0.2) is 28.9 Å². The lowest BCUT2D eigenvalue weighted by molar-refractivity contribution is 0.0735. The summed E-state index contributed by atoms with van der Waals surface area (Å²) in [6.45, 7) is 4.24. The Kier molecular flexibility index (Phi) is 3.86. The van der Waals surface area contributed by atoms with Gasteiger partial charge in [-0.2, -0.15) is 0 Å². The van der Waals surface area contributed by atoms with Gasteiger partial charge in [0.25, 0.3) is 5.91 Å². The van der Waals surface area contributed by atoms with Crippen molar-refractivity contribution < 1.29 is 4.79 Å². The van der Waals surface area contributed by atoms with Gasteiger partial charge in [-0.3, -0.25) is 9.78 Å². The summed E-state index contributed by atoms with van der Waals surface area (Å²) >= 11 is 0. The summed E-state index contributed by atoms with van der Waals surface area (Å²) in [4.78, 5) is 18.8. The Labute approximate surface area is 124 Å². The number of nitrogens with one attached hydrogen (secondary N) is 1. The van der Waals surface area contributed by atoms with E-state index in [0.717, 1.165) is 25.2 Å². The van der Waals surface area contributed by atoms with E-state index in [4.69, 9.17) is 0 Å². The first-order valence-electron chi connectivity index (χ1n) is 7.33. The number of amides is 1. The normalized spacial score (nSPS) is 13.7. The van der Waals surface area contributed by atoms with Crippen LogP contribution in [0.3, 0.4) is 0 Å². The molecule has 0 unspecified atom stereocenters. The van der Waals surface area contributed by atoms with Gasteiger partial charge in [-0.15, -0.1) is 0 Å². The molecule has 3 rings (SSSR count). The number of aromatic nitrogens is 1. The molecule has 1 aromatic heterocycles. The first-order chi connectivity index (χ1) is 10.3. The van der Waals surface area contributed by atoms with Crippen LogP contribution in [0.25, 0.3) is 0 Å². The lowest BCUT2D eigenvalue weighted by Crippen LogP contribution is -2.36. The molecule has 1 amide bonds. The van der Waals surface area contributed by atoms with Gasteiger partial charge >= 0.3 is 0 Å². The smallest absolute Gasteiger partial charge is 0.256 e. The van der Waals surface area contributed by atoms with Gasteiger partial charge in [0.2, 0.25) is 0 Å². The van der Waals surface area contributed by atoms with Gasteiger partial charge in [-0.25, -0.2) is 0 Å². The van der Waals surface area contributed by atoms with Gasteiger partial charge in [0.15, 0.2) is 0 Å². The molecule has 1 aliphatic heterocycles. The van der Waals surface area contributed by atoms with Crippen molar-refractivity contribution in [3.63, 3.8) is 0 Å². The molecule has 1 aliphatic rings. The van der Waals surface area contributed by atoms with E-state index in [9.17, 15) is 4.79 Å². The fraction of sp³-hybridized carbons (Fsp3) is 0.294. The molecule has 0 spiro atoms. The number of hydrogen-bond donors (Lipinski definition) is 1. The van der Waals surface area contributed by atoms with E-state index >= 15 is 0 Å². The number of fused-ring (bicyclic) bond motifs is 1. The third-order valence-corrected chi connectivity index (χ3v) is 3.84. The van der Waals surface area contributed by atoms with Crippen molar-refractivity contribution in [1.82, 2.24) is 9.88 Å². The maximum atomic E-state index is 12.8. The molecule has 2 heterocycles. The van der Waals surface area contributed by atoms with E-state index in [1.807, 2.05) is 17.9 Å². The third kappa shape index (κ3) is 2.75. The van der Waals surface area contributed by atoms with Crippen molar-refractivity contribution in [2.24, 2.45) is 0 Å². The highest BCUT2D eigenvalue weighted by Crippen LogP contribution is 2.22. The SMILES string of the molecule is CCNc1cnccc1C(=O)N1CCc2ccccc2C1. The van der Waals surface area contributed by atoms with Crippen LogP contribution in [0.15, 0.2) is 42.7 Å². The van der Waals surface area contributed by atoms with Gasteiger partial charge in [0.05, 0.1) is 17.4 Å². The zero-order valence-electron chi connectivity index (χ0n) is 12.2. The Morgan fingerprint density at radius 2 is 2.10 bits per heavy atom. The molecule has 0 saturated heterocycles. The molecule has 108 valence electrons. The van der Waals surface area contributed by atoms with E-state index in [1.165, 1.54) is 11.1 Å². The van der Waals surface area contributed by atoms with Crippen molar-refractivity contribution in [2.45, 2.75) is 19.9 Å². The molecule has 1 N–H and O–H groups in total. The van der Waals surface area contributed by atoms with Gasteiger partial charge in [0, 0.05) is 25.8 Å². The topological polar surface area (TPSA) is 45.2 Å². The average molecular weight is 281 g/mol. The minimum absolute atomic E-state index is 0.0721. The lowest BCUT2D eigenvalue weighted by atomic mass is 9.99. The highest BCUT2D eigenvalue weighted by Gasteiger charge is 2.23. The van der Waals surface area contributed by atoms with Crippen molar-refractivity contribution in [3.8, 4) is 0 Å². The highest BCUT2D eigenvalue weighted by molar-refractivity contribution is 5.99. The van der Waals surface area contributed by atoms with E-state index in [2.05, 4.69) is 28.5 Å². The maximum Gasteiger partial charge on any atom is 0.256 e. The Hall–Kier alpha value is -2.36. The minimum Gasteiger partial charge on any atom is -0.383 e. The number of hydrogen-bond acceptors (Lipinski definition) is 3. The first-order valence-corrected chi connectivity index (χ1v) is 7.33. The van der Waals surface area contributed by atoms with Crippen molar-refractivity contribution >= 4 is 11.6 Å². The summed E-state index contributed by atoms with van der Waals surface area (Å²) < 4.78 is 0. The molecule has 2 aromatic rings. The summed E-state index contributed by atoms with van der Waals surface area (Å²) in [6, 6.07) is 10.1. The van der Waals surface area contributed by atoms with Crippen LogP contribution in [0.1, 0.15) is 28.4 Å². The molecular weight excluding hydrogens is 262 g/mol. The average Bonchev–Trinajstić information content (AvgIpc) is 2.54. The molecule has 0 fully saturated rings. The summed E-state index contributed by atoms with van der Waals surface area (Å²) in [5, 5.41) is 3.21. The second-order valence-electron chi connectivity index (χ2n) is 5.20. The predicted octanol–water partition coefficient (Wildman–Crippen LogP) is 2.71. The molecular formula is C17H19N3O. The number of benzene rings is 1. The third-order valence-electron chi connectivity index (χ3n) is 3.84. The molecule has 4 heteroatoms. The van der Waals surface area contributed by atoms with Crippen LogP contribution in [0.5, 0.6) is 0 Å². The van der Waals surface area contributed by atoms with Crippen molar-refractivity contribution in [3.05, 3.63) is 59.4 Å². The van der Waals surface area contributed by atoms with Crippen LogP contribution < -0.4 is 5.32 Å². The van der Waals surface area contributed by atoms with Gasteiger partial charge in [-0.05, 0) is 30.5 Å². The Morgan fingerprint density at radius 3 is 2.90 bits per heavy atom. The summed E-state index contributed by atoms with van der Waals surface area (Å²) in [6.07, 6.45) is 4.31. The highest BCUT2D eigenvalue weighted by atomic mass is 16.2. The number of anilines is 1. The molecule has 0 aliphatic carbocycles. The quantitative estimate of drug-likeness (QED) is 0.941. The zero-order chi connectivity index (χ0) is 14.7. The summed E-state index contributed by atoms with van der Waals surface area (Å²) in [5.74, 6) is 0.0721. The van der Waals surface area contributed by atoms with Crippen LogP contribution in [0, 0.1) is 0 Å². The Bertz CT molecular complexity index is 654. The lowest BCUT2D eigenvalue weighted by Gasteiger charge is -2.29. The van der Waals surface area contributed by atoms with Gasteiger partial charge < -0.3 is 10.2 Å². The number of carbonyl (C=O) groups excluding carboxylic acids is 1. The molecule has 1 aromatic carbocycles. The van der Waals surface area contributed by atoms with Crippen LogP contribution in [0.2, 0.25) is 0 Å². The number of carbonyl (C=O) groups is 1. The summed E-state index contributed by atoms with van der Waals surface area (Å²) in [5.41, 5.74) is 4.11. The number of nitrogens with zero attached hydrogens (tertiary/aromatic N) is 2. The summed E-state index contributed by atoms with van der Waals surface area (Å²) in [7, 11) is 0. The molecule has 0 bridgehead atoms. The van der Waals surface area contributed by atoms with E-state index < -0.39 is 0 Å².